The molecule has 0 aromatic carbocycles. The van der Waals surface area contributed by atoms with Crippen molar-refractivity contribution in [3.05, 3.63) is 22.8 Å². The summed E-state index contributed by atoms with van der Waals surface area (Å²) in [5, 5.41) is 0. The minimum absolute atomic E-state index is 0.127. The van der Waals surface area contributed by atoms with Crippen LogP contribution in [0.1, 0.15) is 66.7 Å². The van der Waals surface area contributed by atoms with Gasteiger partial charge in [-0.1, -0.05) is 39.3 Å². The Kier molecular flexibility index (Phi) is 5.67. The summed E-state index contributed by atoms with van der Waals surface area (Å²) in [4.78, 5) is 24.9. The quantitative estimate of drug-likeness (QED) is 0.536. The number of hydrogen-bond acceptors (Lipinski definition) is 4. The first-order valence-corrected chi connectivity index (χ1v) is 10.6. The second kappa shape index (κ2) is 7.54. The van der Waals surface area contributed by atoms with Gasteiger partial charge in [-0.2, -0.15) is 0 Å². The molecule has 150 valence electrons. The van der Waals surface area contributed by atoms with Crippen LogP contribution in [-0.4, -0.2) is 24.4 Å². The molecule has 0 heterocycles. The number of rotatable bonds is 7. The van der Waals surface area contributed by atoms with E-state index >= 15 is 0 Å². The molecular weight excluding hydrogens is 338 g/mol. The molecule has 4 atom stereocenters. The largest absolute Gasteiger partial charge is 0.465 e. The maximum absolute atomic E-state index is 12.9. The van der Waals surface area contributed by atoms with Crippen LogP contribution in [0.2, 0.25) is 0 Å². The highest BCUT2D eigenvalue weighted by Gasteiger charge is 2.57. The predicted molar refractivity (Wildman–Crippen MR) is 107 cm³/mol. The number of carbonyl (C=O) groups is 2. The zero-order valence-electron chi connectivity index (χ0n) is 17.5. The summed E-state index contributed by atoms with van der Waals surface area (Å²) in [6.07, 6.45) is 6.88. The molecule has 1 fully saturated rings. The third-order valence-corrected chi connectivity index (χ3v) is 7.08. The molecule has 0 aromatic heterocycles. The second-order valence-corrected chi connectivity index (χ2v) is 9.37. The third-order valence-electron chi connectivity index (χ3n) is 7.08. The van der Waals surface area contributed by atoms with Gasteiger partial charge >= 0.3 is 5.97 Å². The summed E-state index contributed by atoms with van der Waals surface area (Å²) >= 11 is 0. The van der Waals surface area contributed by atoms with Crippen molar-refractivity contribution in [2.75, 3.05) is 6.61 Å². The van der Waals surface area contributed by atoms with Crippen molar-refractivity contribution < 1.29 is 14.3 Å². The minimum atomic E-state index is -0.527. The molecule has 3 aliphatic rings. The summed E-state index contributed by atoms with van der Waals surface area (Å²) in [5.41, 5.74) is 9.77. The molecule has 27 heavy (non-hydrogen) atoms. The van der Waals surface area contributed by atoms with Gasteiger partial charge in [0.1, 0.15) is 6.04 Å². The predicted octanol–water partition coefficient (Wildman–Crippen LogP) is 4.19. The van der Waals surface area contributed by atoms with Gasteiger partial charge in [-0.25, -0.2) is 0 Å². The van der Waals surface area contributed by atoms with Gasteiger partial charge in [-0.3, -0.25) is 9.59 Å². The van der Waals surface area contributed by atoms with Crippen LogP contribution in [0.25, 0.3) is 0 Å². The number of carbonyl (C=O) groups excluding carboxylic acids is 2. The Bertz CT molecular complexity index is 684. The Morgan fingerprint density at radius 3 is 2.59 bits per heavy atom. The highest BCUT2D eigenvalue weighted by molar-refractivity contribution is 6.04. The standard InChI is InChI=1S/C23H35NO3/c1-13(2)11-19(24)22(26)27-10-6-7-17-14(3)12-18-20(17)15(4)23(8-9-23)16(5)21(18)25/h12-14,16-17,19H,6-11,24H2,1-5H3/t14?,16-,17?,19?/m1/s1. The van der Waals surface area contributed by atoms with E-state index in [1.807, 2.05) is 13.8 Å². The van der Waals surface area contributed by atoms with Crippen molar-refractivity contribution in [1.29, 1.82) is 0 Å². The van der Waals surface area contributed by atoms with Crippen LogP contribution in [-0.2, 0) is 14.3 Å². The van der Waals surface area contributed by atoms with E-state index in [1.54, 1.807) is 0 Å². The van der Waals surface area contributed by atoms with Crippen LogP contribution in [0.15, 0.2) is 22.8 Å². The fourth-order valence-electron chi connectivity index (χ4n) is 5.24. The van der Waals surface area contributed by atoms with Crippen LogP contribution < -0.4 is 5.73 Å². The Hall–Kier alpha value is -1.42. The molecule has 1 saturated carbocycles. The van der Waals surface area contributed by atoms with E-state index in [1.165, 1.54) is 11.1 Å². The number of ketones is 1. The molecule has 0 bridgehead atoms. The van der Waals surface area contributed by atoms with Crippen LogP contribution >= 0.6 is 0 Å². The highest BCUT2D eigenvalue weighted by Crippen LogP contribution is 2.64. The Balaban J connectivity index is 1.60. The van der Waals surface area contributed by atoms with Gasteiger partial charge in [0.2, 0.25) is 0 Å². The Labute approximate surface area is 163 Å². The minimum Gasteiger partial charge on any atom is -0.465 e. The zero-order chi connectivity index (χ0) is 19.9. The number of ether oxygens (including phenoxy) is 1. The average molecular weight is 374 g/mol. The van der Waals surface area contributed by atoms with Crippen molar-refractivity contribution in [2.24, 2.45) is 34.8 Å². The van der Waals surface area contributed by atoms with E-state index in [0.717, 1.165) is 31.3 Å². The van der Waals surface area contributed by atoms with Crippen molar-refractivity contribution in [1.82, 2.24) is 0 Å². The van der Waals surface area contributed by atoms with E-state index in [4.69, 9.17) is 10.5 Å². The molecule has 3 unspecified atom stereocenters. The first-order chi connectivity index (χ1) is 12.7. The molecule has 0 amide bonds. The number of hydrogen-bond donors (Lipinski definition) is 1. The monoisotopic (exact) mass is 373 g/mol. The second-order valence-electron chi connectivity index (χ2n) is 9.37. The molecule has 0 saturated heterocycles. The van der Waals surface area contributed by atoms with E-state index in [2.05, 4.69) is 26.8 Å². The molecule has 2 N–H and O–H groups in total. The van der Waals surface area contributed by atoms with Gasteiger partial charge in [0.15, 0.2) is 5.78 Å². The van der Waals surface area contributed by atoms with Gasteiger partial charge in [-0.05, 0) is 62.4 Å². The lowest BCUT2D eigenvalue weighted by Crippen LogP contribution is -2.34. The SMILES string of the molecule is CC1=C2C(=CC(C)C2CCCOC(=O)C(N)CC(C)C)C(=O)[C@@H](C)C12CC2. The number of fused-ring (bicyclic) bond motifs is 1. The molecule has 0 aliphatic heterocycles. The van der Waals surface area contributed by atoms with Crippen molar-refractivity contribution in [2.45, 2.75) is 72.8 Å². The summed E-state index contributed by atoms with van der Waals surface area (Å²) in [6, 6.07) is -0.527. The average Bonchev–Trinajstić information content (AvgIpc) is 3.34. The molecule has 0 radical (unpaired) electrons. The van der Waals surface area contributed by atoms with Gasteiger partial charge in [0.25, 0.3) is 0 Å². The maximum atomic E-state index is 12.9. The summed E-state index contributed by atoms with van der Waals surface area (Å²) in [7, 11) is 0. The molecule has 3 rings (SSSR count). The fourth-order valence-corrected chi connectivity index (χ4v) is 5.24. The van der Waals surface area contributed by atoms with Gasteiger partial charge in [0.05, 0.1) is 6.61 Å². The first kappa shape index (κ1) is 20.3. The first-order valence-electron chi connectivity index (χ1n) is 10.6. The molecule has 1 spiro atoms. The summed E-state index contributed by atoms with van der Waals surface area (Å²) in [6.45, 7) is 11.1. The molecule has 4 nitrogen and oxygen atoms in total. The number of Topliss-reactive ketones (excluding diaryl/α,β-unsaturated/α-hetero) is 1. The molecular formula is C23H35NO3. The zero-order valence-corrected chi connectivity index (χ0v) is 17.5. The highest BCUT2D eigenvalue weighted by atomic mass is 16.5. The van der Waals surface area contributed by atoms with Crippen LogP contribution in [0.5, 0.6) is 0 Å². The van der Waals surface area contributed by atoms with Crippen LogP contribution in [0.3, 0.4) is 0 Å². The Morgan fingerprint density at radius 1 is 1.33 bits per heavy atom. The van der Waals surface area contributed by atoms with E-state index < -0.39 is 6.04 Å². The lowest BCUT2D eigenvalue weighted by atomic mass is 9.69. The fraction of sp³-hybridized carbons (Fsp3) is 0.739. The summed E-state index contributed by atoms with van der Waals surface area (Å²) in [5.74, 6) is 1.30. The van der Waals surface area contributed by atoms with Gasteiger partial charge in [0, 0.05) is 16.9 Å². The third kappa shape index (κ3) is 3.65. The molecule has 4 heteroatoms. The Morgan fingerprint density at radius 2 is 2.00 bits per heavy atom. The lowest BCUT2D eigenvalue weighted by molar-refractivity contribution is -0.145. The summed E-state index contributed by atoms with van der Waals surface area (Å²) < 4.78 is 5.39. The molecule has 0 aromatic rings. The number of allylic oxidation sites excluding steroid dienone is 4. The topological polar surface area (TPSA) is 69.4 Å². The van der Waals surface area contributed by atoms with Crippen LogP contribution in [0, 0.1) is 29.1 Å². The van der Waals surface area contributed by atoms with Gasteiger partial charge in [-0.15, -0.1) is 0 Å². The molecule has 3 aliphatic carbocycles. The van der Waals surface area contributed by atoms with E-state index in [0.29, 0.717) is 36.6 Å². The van der Waals surface area contributed by atoms with E-state index in [-0.39, 0.29) is 17.3 Å². The smallest absolute Gasteiger partial charge is 0.322 e. The number of nitrogens with two attached hydrogens (primary N) is 1. The number of esters is 1. The van der Waals surface area contributed by atoms with Crippen molar-refractivity contribution >= 4 is 11.8 Å². The van der Waals surface area contributed by atoms with Crippen LogP contribution in [0.4, 0.5) is 0 Å². The van der Waals surface area contributed by atoms with Gasteiger partial charge < -0.3 is 10.5 Å². The van der Waals surface area contributed by atoms with Crippen molar-refractivity contribution in [3.8, 4) is 0 Å². The lowest BCUT2D eigenvalue weighted by Gasteiger charge is -2.34. The normalized spacial score (nSPS) is 29.8. The van der Waals surface area contributed by atoms with E-state index in [9.17, 15) is 9.59 Å². The van der Waals surface area contributed by atoms with Crippen molar-refractivity contribution in [3.63, 3.8) is 0 Å². The maximum Gasteiger partial charge on any atom is 0.322 e.